The van der Waals surface area contributed by atoms with Crippen molar-refractivity contribution in [3.63, 3.8) is 0 Å². The summed E-state index contributed by atoms with van der Waals surface area (Å²) in [6, 6.07) is 23.9. The van der Waals surface area contributed by atoms with Gasteiger partial charge in [-0.15, -0.1) is 0 Å². The molecule has 0 radical (unpaired) electrons. The van der Waals surface area contributed by atoms with Gasteiger partial charge in [0.25, 0.3) is 5.91 Å². The van der Waals surface area contributed by atoms with Crippen LogP contribution in [0.4, 0.5) is 5.69 Å². The molecule has 2 aliphatic rings. The third kappa shape index (κ3) is 6.27. The highest BCUT2D eigenvalue weighted by atomic mass is 16.5. The predicted molar refractivity (Wildman–Crippen MR) is 165 cm³/mol. The summed E-state index contributed by atoms with van der Waals surface area (Å²) in [5, 5.41) is 3.27. The monoisotopic (exact) mass is 553 g/mol. The van der Waals surface area contributed by atoms with Crippen LogP contribution < -0.4 is 15.0 Å². The average molecular weight is 554 g/mol. The van der Waals surface area contributed by atoms with Crippen molar-refractivity contribution in [3.8, 4) is 5.75 Å². The van der Waals surface area contributed by atoms with Gasteiger partial charge in [0.1, 0.15) is 5.75 Å². The van der Waals surface area contributed by atoms with Crippen LogP contribution >= 0.6 is 0 Å². The van der Waals surface area contributed by atoms with Gasteiger partial charge in [-0.3, -0.25) is 9.59 Å². The third-order valence-electron chi connectivity index (χ3n) is 8.74. The van der Waals surface area contributed by atoms with Crippen molar-refractivity contribution in [2.24, 2.45) is 0 Å². The molecule has 3 aromatic rings. The van der Waals surface area contributed by atoms with Crippen LogP contribution in [0.15, 0.2) is 72.8 Å². The molecule has 2 atom stereocenters. The average Bonchev–Trinajstić information content (AvgIpc) is 3.01. The fourth-order valence-electron chi connectivity index (χ4n) is 6.64. The zero-order valence-corrected chi connectivity index (χ0v) is 24.6. The van der Waals surface area contributed by atoms with Gasteiger partial charge < -0.3 is 19.9 Å². The Bertz CT molecular complexity index is 1330. The Kier molecular flexibility index (Phi) is 9.28. The van der Waals surface area contributed by atoms with Crippen LogP contribution in [-0.2, 0) is 4.79 Å². The number of benzene rings is 3. The number of anilines is 1. The van der Waals surface area contributed by atoms with Gasteiger partial charge in [0, 0.05) is 36.9 Å². The summed E-state index contributed by atoms with van der Waals surface area (Å²) in [5.41, 5.74) is 4.89. The Balaban J connectivity index is 1.41. The van der Waals surface area contributed by atoms with Gasteiger partial charge in [-0.05, 0) is 80.1 Å². The van der Waals surface area contributed by atoms with E-state index in [2.05, 4.69) is 48.3 Å². The first-order valence-electron chi connectivity index (χ1n) is 15.2. The molecule has 5 rings (SSSR count). The van der Waals surface area contributed by atoms with Crippen molar-refractivity contribution in [1.82, 2.24) is 10.2 Å². The van der Waals surface area contributed by atoms with E-state index in [4.69, 9.17) is 4.74 Å². The van der Waals surface area contributed by atoms with E-state index in [1.165, 1.54) is 17.7 Å². The van der Waals surface area contributed by atoms with Gasteiger partial charge in [0.15, 0.2) is 0 Å². The Labute approximate surface area is 244 Å². The summed E-state index contributed by atoms with van der Waals surface area (Å²) in [6.07, 6.45) is 6.19. The number of hydrogen-bond donors (Lipinski definition) is 1. The number of hydrogen-bond acceptors (Lipinski definition) is 4. The van der Waals surface area contributed by atoms with E-state index >= 15 is 0 Å². The minimum Gasteiger partial charge on any atom is -0.497 e. The van der Waals surface area contributed by atoms with E-state index in [0.29, 0.717) is 12.1 Å². The molecule has 1 aliphatic carbocycles. The van der Waals surface area contributed by atoms with Crippen molar-refractivity contribution < 1.29 is 14.3 Å². The van der Waals surface area contributed by atoms with Gasteiger partial charge in [-0.1, -0.05) is 61.7 Å². The van der Waals surface area contributed by atoms with E-state index < -0.39 is 5.92 Å². The maximum Gasteiger partial charge on any atom is 0.254 e. The highest BCUT2D eigenvalue weighted by molar-refractivity contribution is 6.01. The molecule has 41 heavy (non-hydrogen) atoms. The second kappa shape index (κ2) is 13.2. The molecule has 0 unspecified atom stereocenters. The highest BCUT2D eigenvalue weighted by Crippen LogP contribution is 2.46. The second-order valence-electron chi connectivity index (χ2n) is 11.4. The minimum absolute atomic E-state index is 0.0230. The quantitative estimate of drug-likeness (QED) is 0.286. The number of nitrogens with one attached hydrogen (secondary N) is 1. The van der Waals surface area contributed by atoms with Gasteiger partial charge >= 0.3 is 0 Å². The summed E-state index contributed by atoms with van der Waals surface area (Å²) in [4.78, 5) is 32.6. The van der Waals surface area contributed by atoms with Crippen molar-refractivity contribution in [3.05, 3.63) is 95.1 Å². The molecule has 1 aliphatic heterocycles. The molecule has 1 heterocycles. The SMILES string of the molecule is CCN(CCCNC(=O)[C@H]1c2ccccc2C(=O)N(C2CCCCC2)[C@H]1c1ccc(OC)cc1)c1cccc(C)c1. The van der Waals surface area contributed by atoms with Gasteiger partial charge in [0.05, 0.1) is 19.1 Å². The molecule has 3 aromatic carbocycles. The topological polar surface area (TPSA) is 61.9 Å². The summed E-state index contributed by atoms with van der Waals surface area (Å²) >= 11 is 0. The molecular formula is C35H43N3O3. The van der Waals surface area contributed by atoms with E-state index in [-0.39, 0.29) is 23.9 Å². The second-order valence-corrected chi connectivity index (χ2v) is 11.4. The lowest BCUT2D eigenvalue weighted by Crippen LogP contribution is -2.52. The van der Waals surface area contributed by atoms with E-state index in [9.17, 15) is 9.59 Å². The maximum absolute atomic E-state index is 14.1. The molecule has 2 amide bonds. The number of rotatable bonds is 10. The lowest BCUT2D eigenvalue weighted by molar-refractivity contribution is -0.124. The normalized spacial score (nSPS) is 19.0. The number of amides is 2. The highest BCUT2D eigenvalue weighted by Gasteiger charge is 2.46. The summed E-state index contributed by atoms with van der Waals surface area (Å²) < 4.78 is 5.42. The van der Waals surface area contributed by atoms with Crippen LogP contribution in [-0.4, -0.2) is 49.5 Å². The molecule has 0 saturated heterocycles. The third-order valence-corrected chi connectivity index (χ3v) is 8.74. The number of carbonyl (C=O) groups is 2. The summed E-state index contributed by atoms with van der Waals surface area (Å²) in [6.45, 7) is 6.62. The first kappa shape index (κ1) is 28.7. The molecule has 1 N–H and O–H groups in total. The fraction of sp³-hybridized carbons (Fsp3) is 0.429. The van der Waals surface area contributed by atoms with Gasteiger partial charge in [-0.2, -0.15) is 0 Å². The zero-order valence-electron chi connectivity index (χ0n) is 24.6. The molecule has 1 fully saturated rings. The maximum atomic E-state index is 14.1. The lowest BCUT2D eigenvalue weighted by atomic mass is 9.77. The van der Waals surface area contributed by atoms with Crippen molar-refractivity contribution in [1.29, 1.82) is 0 Å². The molecule has 216 valence electrons. The Morgan fingerprint density at radius 1 is 1.00 bits per heavy atom. The van der Waals surface area contributed by atoms with Crippen molar-refractivity contribution in [2.75, 3.05) is 31.6 Å². The molecule has 0 spiro atoms. The largest absolute Gasteiger partial charge is 0.497 e. The smallest absolute Gasteiger partial charge is 0.254 e. The van der Waals surface area contributed by atoms with Gasteiger partial charge in [0.2, 0.25) is 5.91 Å². The van der Waals surface area contributed by atoms with Crippen molar-refractivity contribution in [2.45, 2.75) is 70.4 Å². The molecule has 6 nitrogen and oxygen atoms in total. The number of ether oxygens (including phenoxy) is 1. The van der Waals surface area contributed by atoms with Crippen molar-refractivity contribution >= 4 is 17.5 Å². The van der Waals surface area contributed by atoms with Crippen LogP contribution in [0.25, 0.3) is 0 Å². The Morgan fingerprint density at radius 3 is 2.46 bits per heavy atom. The van der Waals surface area contributed by atoms with Crippen LogP contribution in [0.3, 0.4) is 0 Å². The van der Waals surface area contributed by atoms with E-state index in [1.54, 1.807) is 7.11 Å². The summed E-state index contributed by atoms with van der Waals surface area (Å²) in [5.74, 6) is 0.285. The predicted octanol–water partition coefficient (Wildman–Crippen LogP) is 6.65. The first-order valence-corrected chi connectivity index (χ1v) is 15.2. The molecule has 6 heteroatoms. The van der Waals surface area contributed by atoms with E-state index in [0.717, 1.165) is 62.1 Å². The first-order chi connectivity index (χ1) is 20.0. The Morgan fingerprint density at radius 2 is 1.76 bits per heavy atom. The van der Waals surface area contributed by atoms with E-state index in [1.807, 2.05) is 53.4 Å². The molecule has 1 saturated carbocycles. The van der Waals surface area contributed by atoms with Crippen LogP contribution in [0.2, 0.25) is 0 Å². The van der Waals surface area contributed by atoms with Crippen LogP contribution in [0.1, 0.15) is 84.5 Å². The molecule has 0 bridgehead atoms. The lowest BCUT2D eigenvalue weighted by Gasteiger charge is -2.46. The molecule has 0 aromatic heterocycles. The number of nitrogens with zero attached hydrogens (tertiary/aromatic N) is 2. The van der Waals surface area contributed by atoms with Crippen LogP contribution in [0.5, 0.6) is 5.75 Å². The minimum atomic E-state index is -0.488. The standard InChI is InChI=1S/C35H43N3O3/c1-4-37(28-15-10-12-25(2)24-28)23-11-22-36-34(39)32-30-16-8-9-17-31(30)35(40)38(27-13-6-5-7-14-27)33(32)26-18-20-29(41-3)21-19-26/h8-10,12,15-21,24,27,32-33H,4-7,11,13-14,22-23H2,1-3H3,(H,36,39)/t32-,33-/m0/s1. The zero-order chi connectivity index (χ0) is 28.8. The fourth-order valence-corrected chi connectivity index (χ4v) is 6.64. The van der Waals surface area contributed by atoms with Gasteiger partial charge in [-0.25, -0.2) is 0 Å². The number of carbonyl (C=O) groups excluding carboxylic acids is 2. The Hall–Kier alpha value is -3.80. The van der Waals surface area contributed by atoms with Crippen LogP contribution in [0, 0.1) is 6.92 Å². The summed E-state index contributed by atoms with van der Waals surface area (Å²) in [7, 11) is 1.65. The molecular weight excluding hydrogens is 510 g/mol. The number of fused-ring (bicyclic) bond motifs is 1. The number of methoxy groups -OCH3 is 1. The number of aryl methyl sites for hydroxylation is 1.